The van der Waals surface area contributed by atoms with Crippen LogP contribution in [0.1, 0.15) is 31.7 Å². The highest BCUT2D eigenvalue weighted by atomic mass is 15.3. The minimum Gasteiger partial charge on any atom is -0.370 e. The highest BCUT2D eigenvalue weighted by Crippen LogP contribution is 2.28. The third kappa shape index (κ3) is 3.48. The molecular weight excluding hydrogens is 210 g/mol. The lowest BCUT2D eigenvalue weighted by Gasteiger charge is -2.23. The summed E-state index contributed by atoms with van der Waals surface area (Å²) in [5, 5.41) is 0. The topological polar surface area (TPSA) is 41.6 Å². The van der Waals surface area contributed by atoms with Crippen molar-refractivity contribution in [2.75, 3.05) is 6.54 Å². The number of hydrogen-bond acceptors (Lipinski definition) is 1. The summed E-state index contributed by atoms with van der Waals surface area (Å²) >= 11 is 0. The number of hydrogen-bond donors (Lipinski definition) is 1. The molecule has 0 unspecified atom stereocenters. The van der Waals surface area contributed by atoms with Crippen molar-refractivity contribution in [2.24, 2.45) is 10.7 Å². The standard InChI is InChI=1S/C14H21N3/c1-2-10-16-14(15)17(13-8-9-13)11-12-6-4-3-5-7-12/h3-7,13H,2,8-11H2,1H3,(H2,15,16). The summed E-state index contributed by atoms with van der Waals surface area (Å²) in [6.07, 6.45) is 3.54. The highest BCUT2D eigenvalue weighted by Gasteiger charge is 2.30. The maximum atomic E-state index is 6.07. The van der Waals surface area contributed by atoms with Gasteiger partial charge in [0, 0.05) is 19.1 Å². The number of guanidine groups is 1. The number of aliphatic imine (C=N–C) groups is 1. The minimum atomic E-state index is 0.607. The molecule has 2 rings (SSSR count). The fraction of sp³-hybridized carbons (Fsp3) is 0.500. The second-order valence-corrected chi connectivity index (χ2v) is 4.58. The van der Waals surface area contributed by atoms with Crippen LogP contribution in [0.15, 0.2) is 35.3 Å². The van der Waals surface area contributed by atoms with E-state index in [1.54, 1.807) is 0 Å². The normalized spacial score (nSPS) is 15.9. The third-order valence-corrected chi connectivity index (χ3v) is 2.98. The van der Waals surface area contributed by atoms with E-state index in [0.29, 0.717) is 12.0 Å². The van der Waals surface area contributed by atoms with E-state index in [4.69, 9.17) is 5.73 Å². The van der Waals surface area contributed by atoms with E-state index in [9.17, 15) is 0 Å². The van der Waals surface area contributed by atoms with Crippen LogP contribution in [0.2, 0.25) is 0 Å². The second-order valence-electron chi connectivity index (χ2n) is 4.58. The van der Waals surface area contributed by atoms with Gasteiger partial charge in [-0.15, -0.1) is 0 Å². The first-order valence-electron chi connectivity index (χ1n) is 6.41. The van der Waals surface area contributed by atoms with E-state index in [1.807, 2.05) is 6.07 Å². The Kier molecular flexibility index (Phi) is 4.02. The summed E-state index contributed by atoms with van der Waals surface area (Å²) in [6.45, 7) is 3.82. The van der Waals surface area contributed by atoms with Gasteiger partial charge in [0.25, 0.3) is 0 Å². The van der Waals surface area contributed by atoms with Crippen molar-refractivity contribution in [3.63, 3.8) is 0 Å². The van der Waals surface area contributed by atoms with Crippen LogP contribution in [0, 0.1) is 0 Å². The van der Waals surface area contributed by atoms with Crippen LogP contribution >= 0.6 is 0 Å². The number of rotatable bonds is 5. The molecule has 0 heterocycles. The second kappa shape index (κ2) is 5.71. The molecule has 0 saturated heterocycles. The van der Waals surface area contributed by atoms with E-state index in [-0.39, 0.29) is 0 Å². The molecule has 0 atom stereocenters. The third-order valence-electron chi connectivity index (χ3n) is 2.98. The molecule has 0 spiro atoms. The monoisotopic (exact) mass is 231 g/mol. The van der Waals surface area contributed by atoms with Crippen LogP contribution in [-0.2, 0) is 6.54 Å². The van der Waals surface area contributed by atoms with Gasteiger partial charge >= 0.3 is 0 Å². The van der Waals surface area contributed by atoms with Crippen molar-refractivity contribution in [3.05, 3.63) is 35.9 Å². The SMILES string of the molecule is CCCN=C(N)N(Cc1ccccc1)C1CC1. The van der Waals surface area contributed by atoms with Crippen LogP contribution in [-0.4, -0.2) is 23.4 Å². The first kappa shape index (κ1) is 12.0. The van der Waals surface area contributed by atoms with Crippen LogP contribution in [0.5, 0.6) is 0 Å². The molecule has 0 bridgehead atoms. The molecule has 3 nitrogen and oxygen atoms in total. The number of nitrogens with zero attached hydrogens (tertiary/aromatic N) is 2. The molecule has 1 fully saturated rings. The van der Waals surface area contributed by atoms with Gasteiger partial charge < -0.3 is 10.6 Å². The molecule has 0 aromatic heterocycles. The average Bonchev–Trinajstić information content (AvgIpc) is 3.18. The molecule has 1 aromatic rings. The van der Waals surface area contributed by atoms with Gasteiger partial charge in [0.05, 0.1) is 0 Å². The number of benzene rings is 1. The Hall–Kier alpha value is -1.51. The van der Waals surface area contributed by atoms with Gasteiger partial charge in [0.2, 0.25) is 0 Å². The highest BCUT2D eigenvalue weighted by molar-refractivity contribution is 5.78. The fourth-order valence-electron chi connectivity index (χ4n) is 1.88. The lowest BCUT2D eigenvalue weighted by molar-refractivity contribution is 0.396. The zero-order valence-electron chi connectivity index (χ0n) is 10.5. The first-order chi connectivity index (χ1) is 8.31. The van der Waals surface area contributed by atoms with Crippen LogP contribution in [0.4, 0.5) is 0 Å². The van der Waals surface area contributed by atoms with Gasteiger partial charge in [-0.05, 0) is 24.8 Å². The van der Waals surface area contributed by atoms with Crippen molar-refractivity contribution < 1.29 is 0 Å². The minimum absolute atomic E-state index is 0.607. The molecule has 1 aliphatic rings. The van der Waals surface area contributed by atoms with Crippen LogP contribution in [0.25, 0.3) is 0 Å². The molecular formula is C14H21N3. The summed E-state index contributed by atoms with van der Waals surface area (Å²) in [5.74, 6) is 0.707. The molecule has 0 radical (unpaired) electrons. The zero-order valence-corrected chi connectivity index (χ0v) is 10.5. The predicted molar refractivity (Wildman–Crippen MR) is 71.8 cm³/mol. The summed E-state index contributed by atoms with van der Waals surface area (Å²) in [4.78, 5) is 6.66. The molecule has 92 valence electrons. The zero-order chi connectivity index (χ0) is 12.1. The Morgan fingerprint density at radius 1 is 1.35 bits per heavy atom. The average molecular weight is 231 g/mol. The molecule has 1 saturated carbocycles. The van der Waals surface area contributed by atoms with Gasteiger partial charge in [0.1, 0.15) is 0 Å². The molecule has 2 N–H and O–H groups in total. The van der Waals surface area contributed by atoms with Crippen molar-refractivity contribution in [1.29, 1.82) is 0 Å². The van der Waals surface area contributed by atoms with Gasteiger partial charge in [-0.1, -0.05) is 37.3 Å². The molecule has 0 aliphatic heterocycles. The summed E-state index contributed by atoms with van der Waals surface area (Å²) in [6, 6.07) is 11.1. The van der Waals surface area contributed by atoms with Crippen LogP contribution < -0.4 is 5.73 Å². The van der Waals surface area contributed by atoms with Crippen molar-refractivity contribution in [3.8, 4) is 0 Å². The quantitative estimate of drug-likeness (QED) is 0.624. The lowest BCUT2D eigenvalue weighted by atomic mass is 10.2. The molecule has 0 amide bonds. The molecule has 3 heteroatoms. The molecule has 17 heavy (non-hydrogen) atoms. The van der Waals surface area contributed by atoms with E-state index in [1.165, 1.54) is 18.4 Å². The van der Waals surface area contributed by atoms with E-state index < -0.39 is 0 Å². The Labute approximate surface area is 103 Å². The van der Waals surface area contributed by atoms with Gasteiger partial charge in [-0.25, -0.2) is 0 Å². The fourth-order valence-corrected chi connectivity index (χ4v) is 1.88. The van der Waals surface area contributed by atoms with Gasteiger partial charge in [0.15, 0.2) is 5.96 Å². The Morgan fingerprint density at radius 3 is 2.65 bits per heavy atom. The summed E-state index contributed by atoms with van der Waals surface area (Å²) in [5.41, 5.74) is 7.37. The summed E-state index contributed by atoms with van der Waals surface area (Å²) in [7, 11) is 0. The Morgan fingerprint density at radius 2 is 2.06 bits per heavy atom. The first-order valence-corrected chi connectivity index (χ1v) is 6.41. The van der Waals surface area contributed by atoms with Crippen molar-refractivity contribution in [2.45, 2.75) is 38.8 Å². The van der Waals surface area contributed by atoms with Gasteiger partial charge in [-0.3, -0.25) is 4.99 Å². The summed E-state index contributed by atoms with van der Waals surface area (Å²) < 4.78 is 0. The van der Waals surface area contributed by atoms with Crippen molar-refractivity contribution >= 4 is 5.96 Å². The maximum absolute atomic E-state index is 6.07. The van der Waals surface area contributed by atoms with Gasteiger partial charge in [-0.2, -0.15) is 0 Å². The van der Waals surface area contributed by atoms with E-state index in [0.717, 1.165) is 19.5 Å². The smallest absolute Gasteiger partial charge is 0.191 e. The Bertz CT molecular complexity index is 368. The van der Waals surface area contributed by atoms with E-state index >= 15 is 0 Å². The Balaban J connectivity index is 2.02. The molecule has 1 aliphatic carbocycles. The predicted octanol–water partition coefficient (Wildman–Crippen LogP) is 2.38. The molecule has 1 aromatic carbocycles. The van der Waals surface area contributed by atoms with Crippen molar-refractivity contribution in [1.82, 2.24) is 4.90 Å². The lowest BCUT2D eigenvalue weighted by Crippen LogP contribution is -2.38. The number of nitrogens with two attached hydrogens (primary N) is 1. The van der Waals surface area contributed by atoms with E-state index in [2.05, 4.69) is 41.1 Å². The maximum Gasteiger partial charge on any atom is 0.191 e. The van der Waals surface area contributed by atoms with Crippen LogP contribution in [0.3, 0.4) is 0 Å². The largest absolute Gasteiger partial charge is 0.370 e.